The number of aromatic nitrogens is 2. The number of fused-ring (bicyclic) bond motifs is 3. The number of nitrogens with zero attached hydrogens (tertiary/aromatic N) is 4. The van der Waals surface area contributed by atoms with Crippen molar-refractivity contribution >= 4 is 23.0 Å². The molecule has 0 bridgehead atoms. The maximum absolute atomic E-state index is 12.3. The molecule has 5 rings (SSSR count). The summed E-state index contributed by atoms with van der Waals surface area (Å²) in [6.45, 7) is 8.90. The molecule has 2 atom stereocenters. The minimum Gasteiger partial charge on any atom is -0.493 e. The predicted octanol–water partition coefficient (Wildman–Crippen LogP) is 3.85. The van der Waals surface area contributed by atoms with E-state index in [1.54, 1.807) is 41.4 Å². The normalized spacial score (nSPS) is 24.3. The molecule has 1 aromatic carbocycles. The topological polar surface area (TPSA) is 89.2 Å². The number of cyclic esters (lactones) is 1. The molecule has 9 heteroatoms. The largest absolute Gasteiger partial charge is 0.493 e. The van der Waals surface area contributed by atoms with E-state index in [2.05, 4.69) is 17.2 Å². The Morgan fingerprint density at radius 1 is 1.28 bits per heavy atom. The molecule has 1 saturated heterocycles. The standard InChI is InChI=1S/C23H28N4O4S/c1-22(2)13-31-21(28)27(22)20-25-19-16-6-5-14(9-17(16)30-8-7-18(19)32-20)15-10-24-26(11-15)12-23(3,4)29/h5-6,9-11,18-19,29H,7-8,12-13H2,1-4H3. The van der Waals surface area contributed by atoms with Gasteiger partial charge in [-0.2, -0.15) is 5.10 Å². The number of amides is 1. The van der Waals surface area contributed by atoms with Gasteiger partial charge in [0.1, 0.15) is 12.4 Å². The number of thioether (sulfide) groups is 1. The number of aliphatic hydroxyl groups is 1. The van der Waals surface area contributed by atoms with Gasteiger partial charge in [0.05, 0.1) is 36.5 Å². The Morgan fingerprint density at radius 2 is 2.09 bits per heavy atom. The summed E-state index contributed by atoms with van der Waals surface area (Å²) < 4.78 is 13.1. The Hall–Kier alpha value is -2.52. The number of amidine groups is 1. The fourth-order valence-corrected chi connectivity index (χ4v) is 5.77. The van der Waals surface area contributed by atoms with Crippen molar-refractivity contribution in [2.45, 2.75) is 63.1 Å². The van der Waals surface area contributed by atoms with E-state index in [4.69, 9.17) is 14.5 Å². The first-order valence-corrected chi connectivity index (χ1v) is 11.7. The maximum atomic E-state index is 12.3. The molecule has 3 aliphatic rings. The highest BCUT2D eigenvalue weighted by Gasteiger charge is 2.47. The van der Waals surface area contributed by atoms with E-state index in [9.17, 15) is 9.90 Å². The van der Waals surface area contributed by atoms with Crippen molar-refractivity contribution in [1.82, 2.24) is 14.7 Å². The van der Waals surface area contributed by atoms with Gasteiger partial charge in [0, 0.05) is 22.6 Å². The van der Waals surface area contributed by atoms with Gasteiger partial charge < -0.3 is 14.6 Å². The van der Waals surface area contributed by atoms with Crippen molar-refractivity contribution in [2.75, 3.05) is 13.2 Å². The van der Waals surface area contributed by atoms with Crippen molar-refractivity contribution in [1.29, 1.82) is 0 Å². The molecule has 0 aliphatic carbocycles. The number of benzene rings is 1. The molecule has 2 unspecified atom stereocenters. The average molecular weight is 457 g/mol. The molecule has 4 heterocycles. The van der Waals surface area contributed by atoms with Crippen LogP contribution in [-0.4, -0.2) is 60.7 Å². The average Bonchev–Trinajstić information content (AvgIpc) is 3.36. The van der Waals surface area contributed by atoms with Crippen LogP contribution in [0, 0.1) is 0 Å². The summed E-state index contributed by atoms with van der Waals surface area (Å²) in [5, 5.41) is 15.4. The van der Waals surface area contributed by atoms with Gasteiger partial charge >= 0.3 is 6.09 Å². The number of carbonyl (C=O) groups excluding carboxylic acids is 1. The highest BCUT2D eigenvalue weighted by molar-refractivity contribution is 8.14. The zero-order chi connectivity index (χ0) is 22.7. The van der Waals surface area contributed by atoms with Crippen LogP contribution in [0.4, 0.5) is 4.79 Å². The SMILES string of the molecule is CC(C)(O)Cn1cc(-c2ccc3c(c2)OCCC2SC(N4C(=O)OCC4(C)C)=NC32)cn1. The maximum Gasteiger partial charge on any atom is 0.416 e. The minimum atomic E-state index is -0.832. The fourth-order valence-electron chi connectivity index (χ4n) is 4.34. The van der Waals surface area contributed by atoms with Gasteiger partial charge in [0.15, 0.2) is 5.17 Å². The third kappa shape index (κ3) is 3.88. The van der Waals surface area contributed by atoms with Crippen molar-refractivity contribution in [3.8, 4) is 16.9 Å². The van der Waals surface area contributed by atoms with Gasteiger partial charge in [-0.15, -0.1) is 0 Å². The predicted molar refractivity (Wildman–Crippen MR) is 123 cm³/mol. The first kappa shape index (κ1) is 21.3. The molecular formula is C23H28N4O4S. The summed E-state index contributed by atoms with van der Waals surface area (Å²) in [6.07, 6.45) is 4.25. The summed E-state index contributed by atoms with van der Waals surface area (Å²) in [5.74, 6) is 0.819. The number of ether oxygens (including phenoxy) is 2. The highest BCUT2D eigenvalue weighted by atomic mass is 32.2. The molecule has 170 valence electrons. The van der Waals surface area contributed by atoms with Crippen LogP contribution in [0.2, 0.25) is 0 Å². The lowest BCUT2D eigenvalue weighted by molar-refractivity contribution is 0.0577. The van der Waals surface area contributed by atoms with E-state index in [0.29, 0.717) is 19.8 Å². The second kappa shape index (κ2) is 7.52. The molecule has 8 nitrogen and oxygen atoms in total. The molecular weight excluding hydrogens is 428 g/mol. The Bertz CT molecular complexity index is 1090. The summed E-state index contributed by atoms with van der Waals surface area (Å²) in [7, 11) is 0. The molecule has 1 amide bonds. The summed E-state index contributed by atoms with van der Waals surface area (Å²) in [4.78, 5) is 19.0. The van der Waals surface area contributed by atoms with Crippen LogP contribution in [0.3, 0.4) is 0 Å². The second-order valence-corrected chi connectivity index (χ2v) is 11.1. The van der Waals surface area contributed by atoms with Crippen LogP contribution >= 0.6 is 11.8 Å². The van der Waals surface area contributed by atoms with Gasteiger partial charge in [-0.05, 0) is 45.7 Å². The van der Waals surface area contributed by atoms with Gasteiger partial charge in [-0.1, -0.05) is 23.9 Å². The van der Waals surface area contributed by atoms with Crippen LogP contribution in [0.15, 0.2) is 35.6 Å². The van der Waals surface area contributed by atoms with E-state index in [1.165, 1.54) is 0 Å². The number of hydrogen-bond acceptors (Lipinski definition) is 7. The number of aliphatic imine (C=N–C) groups is 1. The zero-order valence-electron chi connectivity index (χ0n) is 18.7. The number of carbonyl (C=O) groups is 1. The van der Waals surface area contributed by atoms with E-state index in [1.807, 2.05) is 26.1 Å². The number of hydrogen-bond donors (Lipinski definition) is 1. The van der Waals surface area contributed by atoms with Crippen molar-refractivity contribution in [3.05, 3.63) is 36.2 Å². The van der Waals surface area contributed by atoms with E-state index in [0.717, 1.165) is 34.0 Å². The lowest BCUT2D eigenvalue weighted by Gasteiger charge is -2.27. The lowest BCUT2D eigenvalue weighted by atomic mass is 9.99. The van der Waals surface area contributed by atoms with Crippen LogP contribution in [-0.2, 0) is 11.3 Å². The van der Waals surface area contributed by atoms with Crippen LogP contribution in [0.1, 0.15) is 45.7 Å². The first-order valence-electron chi connectivity index (χ1n) is 10.8. The molecule has 0 saturated carbocycles. The molecule has 0 radical (unpaired) electrons. The van der Waals surface area contributed by atoms with Gasteiger partial charge in [-0.25, -0.2) is 9.69 Å². The minimum absolute atomic E-state index is 0.0661. The smallest absolute Gasteiger partial charge is 0.416 e. The summed E-state index contributed by atoms with van der Waals surface area (Å²) in [5.41, 5.74) is 1.77. The molecule has 1 aromatic heterocycles. The Morgan fingerprint density at radius 3 is 2.81 bits per heavy atom. The molecule has 1 N–H and O–H groups in total. The Kier molecular flexibility index (Phi) is 5.01. The van der Waals surface area contributed by atoms with Crippen molar-refractivity contribution in [2.24, 2.45) is 4.99 Å². The Balaban J connectivity index is 1.44. The summed E-state index contributed by atoms with van der Waals surface area (Å²) in [6, 6.07) is 6.10. The van der Waals surface area contributed by atoms with Gasteiger partial charge in [0.25, 0.3) is 0 Å². The third-order valence-corrected chi connectivity index (χ3v) is 7.19. The lowest BCUT2D eigenvalue weighted by Crippen LogP contribution is -2.44. The zero-order valence-corrected chi connectivity index (χ0v) is 19.6. The van der Waals surface area contributed by atoms with Crippen LogP contribution in [0.25, 0.3) is 11.1 Å². The van der Waals surface area contributed by atoms with Gasteiger partial charge in [-0.3, -0.25) is 9.67 Å². The second-order valence-electron chi connectivity index (χ2n) is 9.84. The molecule has 3 aliphatic heterocycles. The monoisotopic (exact) mass is 456 g/mol. The highest BCUT2D eigenvalue weighted by Crippen LogP contribution is 2.47. The molecule has 2 aromatic rings. The fraction of sp³-hybridized carbons (Fsp3) is 0.522. The Labute approximate surface area is 191 Å². The first-order chi connectivity index (χ1) is 15.1. The van der Waals surface area contributed by atoms with Crippen molar-refractivity contribution < 1.29 is 19.4 Å². The van der Waals surface area contributed by atoms with Gasteiger partial charge in [0.2, 0.25) is 0 Å². The van der Waals surface area contributed by atoms with E-state index >= 15 is 0 Å². The number of rotatable bonds is 3. The summed E-state index contributed by atoms with van der Waals surface area (Å²) >= 11 is 1.64. The third-order valence-electron chi connectivity index (χ3n) is 5.89. The molecule has 32 heavy (non-hydrogen) atoms. The van der Waals surface area contributed by atoms with E-state index in [-0.39, 0.29) is 17.4 Å². The van der Waals surface area contributed by atoms with Crippen LogP contribution < -0.4 is 4.74 Å². The van der Waals surface area contributed by atoms with Crippen molar-refractivity contribution in [3.63, 3.8) is 0 Å². The van der Waals surface area contributed by atoms with Crippen LogP contribution in [0.5, 0.6) is 5.75 Å². The molecule has 1 fully saturated rings. The molecule has 0 spiro atoms. The quantitative estimate of drug-likeness (QED) is 0.755. The van der Waals surface area contributed by atoms with E-state index < -0.39 is 11.1 Å².